The summed E-state index contributed by atoms with van der Waals surface area (Å²) in [7, 11) is 0. The first-order valence-corrected chi connectivity index (χ1v) is 5.92. The third-order valence-electron chi connectivity index (χ3n) is 2.77. The van der Waals surface area contributed by atoms with Gasteiger partial charge >= 0.3 is 0 Å². The summed E-state index contributed by atoms with van der Waals surface area (Å²) in [6.45, 7) is 2.91. The summed E-state index contributed by atoms with van der Waals surface area (Å²) in [5.41, 5.74) is 11.9. The van der Waals surface area contributed by atoms with Gasteiger partial charge in [-0.3, -0.25) is 4.79 Å². The number of hydrogen-bond donors (Lipinski definition) is 3. The highest BCUT2D eigenvalue weighted by Gasteiger charge is 2.10. The van der Waals surface area contributed by atoms with Crippen LogP contribution in [0, 0.1) is 0 Å². The molecule has 1 amide bonds. The van der Waals surface area contributed by atoms with Crippen LogP contribution in [0.2, 0.25) is 0 Å². The molecular weight excluding hydrogens is 214 g/mol. The van der Waals surface area contributed by atoms with Gasteiger partial charge in [-0.2, -0.15) is 0 Å². The molecule has 0 bridgehead atoms. The fourth-order valence-electron chi connectivity index (χ4n) is 1.56. The lowest BCUT2D eigenvalue weighted by Crippen LogP contribution is -2.38. The second kappa shape index (κ2) is 7.04. The molecule has 5 N–H and O–H groups in total. The molecule has 4 nitrogen and oxygen atoms in total. The lowest BCUT2D eigenvalue weighted by atomic mass is 10.1. The Kier molecular flexibility index (Phi) is 5.66. The first-order chi connectivity index (χ1) is 8.09. The topological polar surface area (TPSA) is 81.1 Å². The van der Waals surface area contributed by atoms with E-state index in [-0.39, 0.29) is 0 Å². The van der Waals surface area contributed by atoms with E-state index in [1.165, 1.54) is 5.56 Å². The van der Waals surface area contributed by atoms with Crippen LogP contribution in [-0.4, -0.2) is 18.0 Å². The van der Waals surface area contributed by atoms with Crippen LogP contribution in [0.5, 0.6) is 0 Å². The zero-order valence-electron chi connectivity index (χ0n) is 10.2. The molecule has 0 heterocycles. The third kappa shape index (κ3) is 5.47. The van der Waals surface area contributed by atoms with Gasteiger partial charge in [0, 0.05) is 12.6 Å². The van der Waals surface area contributed by atoms with Gasteiger partial charge < -0.3 is 16.8 Å². The van der Waals surface area contributed by atoms with E-state index in [0.717, 1.165) is 13.0 Å². The molecule has 4 heteroatoms. The van der Waals surface area contributed by atoms with E-state index in [4.69, 9.17) is 11.5 Å². The van der Waals surface area contributed by atoms with Gasteiger partial charge in [0.25, 0.3) is 0 Å². The van der Waals surface area contributed by atoms with Gasteiger partial charge in [-0.1, -0.05) is 30.3 Å². The van der Waals surface area contributed by atoms with E-state index in [0.29, 0.717) is 12.5 Å². The molecule has 1 aromatic rings. The van der Waals surface area contributed by atoms with Crippen LogP contribution in [-0.2, 0) is 11.3 Å². The van der Waals surface area contributed by atoms with Gasteiger partial charge in [0.15, 0.2) is 0 Å². The van der Waals surface area contributed by atoms with Gasteiger partial charge in [-0.25, -0.2) is 0 Å². The predicted molar refractivity (Wildman–Crippen MR) is 69.1 cm³/mol. The monoisotopic (exact) mass is 235 g/mol. The molecule has 0 fully saturated rings. The normalized spacial score (nSPS) is 14.2. The van der Waals surface area contributed by atoms with E-state index in [1.54, 1.807) is 0 Å². The van der Waals surface area contributed by atoms with Crippen molar-refractivity contribution in [3.05, 3.63) is 35.9 Å². The van der Waals surface area contributed by atoms with Gasteiger partial charge in [-0.15, -0.1) is 0 Å². The van der Waals surface area contributed by atoms with Gasteiger partial charge in [-0.05, 0) is 25.3 Å². The molecule has 2 atom stereocenters. The molecule has 0 radical (unpaired) electrons. The molecule has 0 saturated carbocycles. The molecule has 94 valence electrons. The van der Waals surface area contributed by atoms with Crippen molar-refractivity contribution in [2.24, 2.45) is 11.5 Å². The lowest BCUT2D eigenvalue weighted by Gasteiger charge is -2.15. The molecule has 0 aliphatic heterocycles. The van der Waals surface area contributed by atoms with Crippen LogP contribution in [0.1, 0.15) is 25.3 Å². The van der Waals surface area contributed by atoms with Crippen LogP contribution in [0.25, 0.3) is 0 Å². The van der Waals surface area contributed by atoms with E-state index in [9.17, 15) is 4.79 Å². The van der Waals surface area contributed by atoms with E-state index < -0.39 is 11.9 Å². The lowest BCUT2D eigenvalue weighted by molar-refractivity contribution is -0.119. The number of rotatable bonds is 7. The Hall–Kier alpha value is -1.39. The maximum atomic E-state index is 10.8. The quantitative estimate of drug-likeness (QED) is 0.652. The van der Waals surface area contributed by atoms with E-state index >= 15 is 0 Å². The zero-order chi connectivity index (χ0) is 12.7. The Morgan fingerprint density at radius 2 is 1.94 bits per heavy atom. The number of hydrogen-bond acceptors (Lipinski definition) is 3. The summed E-state index contributed by atoms with van der Waals surface area (Å²) in [5.74, 6) is -0.430. The Labute approximate surface area is 102 Å². The maximum absolute atomic E-state index is 10.8. The number of carbonyl (C=O) groups excluding carboxylic acids is 1. The highest BCUT2D eigenvalue weighted by Crippen LogP contribution is 2.02. The second-order valence-electron chi connectivity index (χ2n) is 4.35. The molecular formula is C13H21N3O. The van der Waals surface area contributed by atoms with Crippen molar-refractivity contribution in [2.45, 2.75) is 38.4 Å². The summed E-state index contributed by atoms with van der Waals surface area (Å²) < 4.78 is 0. The molecule has 1 aromatic carbocycles. The Balaban J connectivity index is 2.22. The van der Waals surface area contributed by atoms with E-state index in [1.807, 2.05) is 18.2 Å². The van der Waals surface area contributed by atoms with Crippen LogP contribution >= 0.6 is 0 Å². The van der Waals surface area contributed by atoms with Crippen LogP contribution in [0.3, 0.4) is 0 Å². The number of primary amides is 1. The van der Waals surface area contributed by atoms with E-state index in [2.05, 4.69) is 24.4 Å². The molecule has 0 aliphatic rings. The smallest absolute Gasteiger partial charge is 0.234 e. The summed E-state index contributed by atoms with van der Waals surface area (Å²) in [4.78, 5) is 10.8. The van der Waals surface area contributed by atoms with Crippen molar-refractivity contribution in [1.82, 2.24) is 5.32 Å². The molecule has 0 aromatic heterocycles. The maximum Gasteiger partial charge on any atom is 0.234 e. The fraction of sp³-hybridized carbons (Fsp3) is 0.462. The van der Waals surface area contributed by atoms with Crippen molar-refractivity contribution in [2.75, 3.05) is 0 Å². The van der Waals surface area contributed by atoms with Crippen molar-refractivity contribution in [1.29, 1.82) is 0 Å². The van der Waals surface area contributed by atoms with Crippen molar-refractivity contribution in [3.8, 4) is 0 Å². The molecule has 17 heavy (non-hydrogen) atoms. The van der Waals surface area contributed by atoms with Crippen molar-refractivity contribution in [3.63, 3.8) is 0 Å². The SMILES string of the molecule is CC(CCC(N)C(N)=O)NCc1ccccc1. The minimum absolute atomic E-state index is 0.320. The first kappa shape index (κ1) is 13.7. The summed E-state index contributed by atoms with van der Waals surface area (Å²) in [6, 6.07) is 9.98. The van der Waals surface area contributed by atoms with Gasteiger partial charge in [0.05, 0.1) is 6.04 Å². The number of nitrogens with one attached hydrogen (secondary N) is 1. The Morgan fingerprint density at radius 3 is 2.53 bits per heavy atom. The van der Waals surface area contributed by atoms with Crippen molar-refractivity contribution >= 4 is 5.91 Å². The third-order valence-corrected chi connectivity index (χ3v) is 2.77. The summed E-state index contributed by atoms with van der Waals surface area (Å²) in [5, 5.41) is 3.39. The average Bonchev–Trinajstić information content (AvgIpc) is 2.34. The Bertz CT molecular complexity index is 340. The number of carbonyl (C=O) groups is 1. The zero-order valence-corrected chi connectivity index (χ0v) is 10.2. The minimum Gasteiger partial charge on any atom is -0.368 e. The standard InChI is InChI=1S/C13H21N3O/c1-10(7-8-12(14)13(15)17)16-9-11-5-3-2-4-6-11/h2-6,10,12,16H,7-9,14H2,1H3,(H2,15,17). The fourth-order valence-corrected chi connectivity index (χ4v) is 1.56. The van der Waals surface area contributed by atoms with Crippen molar-refractivity contribution < 1.29 is 4.79 Å². The Morgan fingerprint density at radius 1 is 1.29 bits per heavy atom. The summed E-state index contributed by atoms with van der Waals surface area (Å²) in [6.07, 6.45) is 1.47. The molecule has 0 saturated heterocycles. The highest BCUT2D eigenvalue weighted by atomic mass is 16.1. The predicted octanol–water partition coefficient (Wildman–Crippen LogP) is 0.758. The minimum atomic E-state index is -0.532. The van der Waals surface area contributed by atoms with Crippen LogP contribution in [0.4, 0.5) is 0 Å². The highest BCUT2D eigenvalue weighted by molar-refractivity contribution is 5.79. The largest absolute Gasteiger partial charge is 0.368 e. The molecule has 2 unspecified atom stereocenters. The number of amides is 1. The molecule has 0 spiro atoms. The first-order valence-electron chi connectivity index (χ1n) is 5.92. The van der Waals surface area contributed by atoms with Crippen LogP contribution < -0.4 is 16.8 Å². The average molecular weight is 235 g/mol. The van der Waals surface area contributed by atoms with Crippen LogP contribution in [0.15, 0.2) is 30.3 Å². The molecule has 1 rings (SSSR count). The number of benzene rings is 1. The van der Waals surface area contributed by atoms with Gasteiger partial charge in [0.1, 0.15) is 0 Å². The molecule has 0 aliphatic carbocycles. The van der Waals surface area contributed by atoms with Gasteiger partial charge in [0.2, 0.25) is 5.91 Å². The second-order valence-corrected chi connectivity index (χ2v) is 4.35. The number of nitrogens with two attached hydrogens (primary N) is 2. The summed E-state index contributed by atoms with van der Waals surface area (Å²) >= 11 is 0.